The van der Waals surface area contributed by atoms with Crippen molar-refractivity contribution in [3.05, 3.63) is 62.8 Å². The third-order valence-corrected chi connectivity index (χ3v) is 12.5. The van der Waals surface area contributed by atoms with Crippen LogP contribution in [0.2, 0.25) is 3.12 Å². The van der Waals surface area contributed by atoms with Crippen molar-refractivity contribution in [3.8, 4) is 0 Å². The first-order valence-corrected chi connectivity index (χ1v) is 11.7. The van der Waals surface area contributed by atoms with Crippen molar-refractivity contribution < 1.29 is 23.2 Å². The fourth-order valence-corrected chi connectivity index (χ4v) is 10.7. The van der Waals surface area contributed by atoms with E-state index in [1.54, 1.807) is 39.0 Å². The van der Waals surface area contributed by atoms with E-state index in [0.29, 0.717) is 6.25 Å². The van der Waals surface area contributed by atoms with E-state index in [4.69, 9.17) is 0 Å². The van der Waals surface area contributed by atoms with Crippen LogP contribution in [0.3, 0.4) is 0 Å². The minimum atomic E-state index is -0.770. The Hall–Kier alpha value is -0.677. The predicted octanol–water partition coefficient (Wildman–Crippen LogP) is 6.36. The molecule has 3 aliphatic rings. The van der Waals surface area contributed by atoms with Crippen LogP contribution >= 0.6 is 0 Å². The van der Waals surface area contributed by atoms with Crippen molar-refractivity contribution in [2.75, 3.05) is 0 Å². The Morgan fingerprint density at radius 1 is 0.875 bits per heavy atom. The molecule has 3 aliphatic carbocycles. The summed E-state index contributed by atoms with van der Waals surface area (Å²) < 4.78 is 0.676. The number of benzene rings is 1. The van der Waals surface area contributed by atoms with Crippen molar-refractivity contribution >= 4 is 6.08 Å². The zero-order valence-electron chi connectivity index (χ0n) is 15.9. The molecule has 0 heterocycles. The van der Waals surface area contributed by atoms with E-state index >= 15 is 0 Å². The Kier molecular flexibility index (Phi) is 3.78. The van der Waals surface area contributed by atoms with Gasteiger partial charge in [0.05, 0.1) is 0 Å². The quantitative estimate of drug-likeness (QED) is 0.546. The molecule has 0 aromatic heterocycles. The number of rotatable bonds is 2. The van der Waals surface area contributed by atoms with Crippen molar-refractivity contribution in [3.63, 3.8) is 0 Å². The predicted molar refractivity (Wildman–Crippen MR) is 100.0 cm³/mol. The van der Waals surface area contributed by atoms with Gasteiger partial charge in [-0.05, 0) is 0 Å². The van der Waals surface area contributed by atoms with Crippen LogP contribution in [0, 0.1) is 0 Å². The summed E-state index contributed by atoms with van der Waals surface area (Å²) in [6, 6.07) is 5.08. The van der Waals surface area contributed by atoms with Crippen LogP contribution in [0.5, 0.6) is 0 Å². The van der Waals surface area contributed by atoms with Crippen LogP contribution in [0.15, 0.2) is 40.5 Å². The standard InChI is InChI=1S/C13H13.C10H15.Zr/c1-9-5-6-12-7-10-3-2-4-11(10)8-13(9)12;1-6-7(2)9(4)10(5)8(6)3;/h5-8H,2-4H2,1H3;1-5H3;. The van der Waals surface area contributed by atoms with Crippen LogP contribution in [-0.4, -0.2) is 0 Å². The monoisotopic (exact) mass is 394 g/mol. The van der Waals surface area contributed by atoms with Gasteiger partial charge < -0.3 is 0 Å². The van der Waals surface area contributed by atoms with Gasteiger partial charge in [0, 0.05) is 0 Å². The molecule has 0 nitrogen and oxygen atoms in total. The zero-order valence-corrected chi connectivity index (χ0v) is 18.4. The van der Waals surface area contributed by atoms with Gasteiger partial charge in [-0.15, -0.1) is 0 Å². The Morgan fingerprint density at radius 3 is 2.08 bits per heavy atom. The molecule has 0 radical (unpaired) electrons. The summed E-state index contributed by atoms with van der Waals surface area (Å²) in [5, 5.41) is 0. The van der Waals surface area contributed by atoms with Crippen LogP contribution in [0.25, 0.3) is 6.08 Å². The van der Waals surface area contributed by atoms with E-state index in [1.807, 2.05) is 0 Å². The summed E-state index contributed by atoms with van der Waals surface area (Å²) in [5.41, 5.74) is 12.8. The second-order valence-corrected chi connectivity index (χ2v) is 14.0. The van der Waals surface area contributed by atoms with Crippen molar-refractivity contribution in [2.45, 2.75) is 67.1 Å². The molecule has 0 N–H and O–H groups in total. The summed E-state index contributed by atoms with van der Waals surface area (Å²) in [5.74, 6) is 0. The second kappa shape index (κ2) is 5.41. The minimum absolute atomic E-state index is 0.318. The van der Waals surface area contributed by atoms with E-state index in [1.165, 1.54) is 24.8 Å². The van der Waals surface area contributed by atoms with Crippen LogP contribution in [-0.2, 0) is 39.2 Å². The fourth-order valence-electron chi connectivity index (χ4n) is 4.99. The molecule has 1 heteroatoms. The molecule has 1 unspecified atom stereocenters. The summed E-state index contributed by atoms with van der Waals surface area (Å²) in [7, 11) is 0. The summed E-state index contributed by atoms with van der Waals surface area (Å²) in [6.45, 7) is 14.5. The number of hydrogen-bond acceptors (Lipinski definition) is 0. The third kappa shape index (κ3) is 2.20. The molecule has 0 fully saturated rings. The van der Waals surface area contributed by atoms with Gasteiger partial charge >= 0.3 is 159 Å². The first kappa shape index (κ1) is 16.8. The molecular formula is C23H28Zr. The van der Waals surface area contributed by atoms with Crippen LogP contribution in [0.1, 0.15) is 70.2 Å². The molecular weight excluding hydrogens is 367 g/mol. The molecule has 0 spiro atoms. The SMILES string of the molecule is CC1=C(C)[C](C)([Zr][C]2(C)C=Cc3cc4c(cc32)CCC4)C(C)=C1C. The molecule has 0 saturated heterocycles. The summed E-state index contributed by atoms with van der Waals surface area (Å²) >= 11 is -0.770. The number of allylic oxidation sites excluding steroid dienone is 5. The second-order valence-electron chi connectivity index (χ2n) is 8.35. The van der Waals surface area contributed by atoms with Gasteiger partial charge in [0.15, 0.2) is 0 Å². The molecule has 24 heavy (non-hydrogen) atoms. The molecule has 1 aromatic rings. The van der Waals surface area contributed by atoms with Gasteiger partial charge in [0.1, 0.15) is 0 Å². The average Bonchev–Trinajstić information content (AvgIpc) is 3.17. The van der Waals surface area contributed by atoms with Gasteiger partial charge in [0.2, 0.25) is 0 Å². The van der Waals surface area contributed by atoms with Crippen molar-refractivity contribution in [1.29, 1.82) is 0 Å². The van der Waals surface area contributed by atoms with E-state index in [2.05, 4.69) is 65.8 Å². The first-order valence-electron chi connectivity index (χ1n) is 9.27. The Balaban J connectivity index is 1.77. The van der Waals surface area contributed by atoms with Crippen molar-refractivity contribution in [2.24, 2.45) is 0 Å². The average molecular weight is 396 g/mol. The van der Waals surface area contributed by atoms with Gasteiger partial charge in [-0.2, -0.15) is 0 Å². The molecule has 0 aliphatic heterocycles. The fraction of sp³-hybridized carbons (Fsp3) is 0.478. The van der Waals surface area contributed by atoms with E-state index in [0.717, 1.165) is 0 Å². The van der Waals surface area contributed by atoms with Gasteiger partial charge in [-0.3, -0.25) is 0 Å². The molecule has 1 aromatic carbocycles. The first-order chi connectivity index (χ1) is 11.3. The molecule has 124 valence electrons. The number of aryl methyl sites for hydroxylation is 2. The van der Waals surface area contributed by atoms with Crippen molar-refractivity contribution in [1.82, 2.24) is 0 Å². The molecule has 4 rings (SSSR count). The molecule has 0 amide bonds. The van der Waals surface area contributed by atoms with Gasteiger partial charge in [-0.25, -0.2) is 0 Å². The summed E-state index contributed by atoms with van der Waals surface area (Å²) in [6.07, 6.45) is 8.89. The Labute approximate surface area is 158 Å². The zero-order chi connectivity index (χ0) is 17.3. The Morgan fingerprint density at radius 2 is 1.46 bits per heavy atom. The van der Waals surface area contributed by atoms with E-state index in [9.17, 15) is 0 Å². The maximum absolute atomic E-state index is 2.58. The number of hydrogen-bond donors (Lipinski definition) is 0. The van der Waals surface area contributed by atoms with Crippen LogP contribution < -0.4 is 0 Å². The Bertz CT molecular complexity index is 810. The van der Waals surface area contributed by atoms with Gasteiger partial charge in [0.25, 0.3) is 0 Å². The number of fused-ring (bicyclic) bond motifs is 2. The molecule has 0 saturated carbocycles. The topological polar surface area (TPSA) is 0 Å². The van der Waals surface area contributed by atoms with Crippen LogP contribution in [0.4, 0.5) is 0 Å². The normalized spacial score (nSPS) is 27.1. The van der Waals surface area contributed by atoms with Gasteiger partial charge in [-0.1, -0.05) is 0 Å². The maximum atomic E-state index is 2.58. The molecule has 0 bridgehead atoms. The third-order valence-electron chi connectivity index (χ3n) is 7.12. The van der Waals surface area contributed by atoms with E-state index in [-0.39, 0.29) is 0 Å². The van der Waals surface area contributed by atoms with E-state index < -0.39 is 23.2 Å². The molecule has 1 atom stereocenters. The summed E-state index contributed by atoms with van der Waals surface area (Å²) in [4.78, 5) is 0.